The Kier molecular flexibility index (Phi) is 3.20. The van der Waals surface area contributed by atoms with Crippen molar-refractivity contribution in [2.24, 2.45) is 7.05 Å². The third-order valence-corrected chi connectivity index (χ3v) is 3.48. The lowest BCUT2D eigenvalue weighted by molar-refractivity contribution is 0.741. The molecule has 0 radical (unpaired) electrons. The van der Waals surface area contributed by atoms with Crippen molar-refractivity contribution in [3.8, 4) is 11.3 Å². The first-order chi connectivity index (χ1) is 7.61. The van der Waals surface area contributed by atoms with Crippen LogP contribution in [0.2, 0.25) is 0 Å². The van der Waals surface area contributed by atoms with Gasteiger partial charge in [-0.05, 0) is 33.5 Å². The number of halogens is 1. The van der Waals surface area contributed by atoms with Gasteiger partial charge in [-0.3, -0.25) is 0 Å². The standard InChI is InChI=1S/C14H16BrN/c1-10(2)14-12(15)9-13(16(14)3)11-7-5-4-6-8-11/h4-10H,1-3H3. The van der Waals surface area contributed by atoms with Crippen molar-refractivity contribution >= 4 is 15.9 Å². The van der Waals surface area contributed by atoms with Crippen molar-refractivity contribution in [2.75, 3.05) is 0 Å². The van der Waals surface area contributed by atoms with Crippen molar-refractivity contribution in [1.29, 1.82) is 0 Å². The average Bonchev–Trinajstić information content (AvgIpc) is 2.55. The Balaban J connectivity index is 2.56. The van der Waals surface area contributed by atoms with Crippen LogP contribution in [0.1, 0.15) is 25.5 Å². The molecule has 0 atom stereocenters. The summed E-state index contributed by atoms with van der Waals surface area (Å²) in [5, 5.41) is 0. The highest BCUT2D eigenvalue weighted by Crippen LogP contribution is 2.32. The third-order valence-electron chi connectivity index (χ3n) is 2.85. The minimum Gasteiger partial charge on any atom is -0.346 e. The van der Waals surface area contributed by atoms with Gasteiger partial charge in [0.05, 0.1) is 0 Å². The van der Waals surface area contributed by atoms with Crippen LogP contribution in [-0.4, -0.2) is 4.57 Å². The molecule has 0 unspecified atom stereocenters. The van der Waals surface area contributed by atoms with E-state index in [-0.39, 0.29) is 0 Å². The molecule has 1 heterocycles. The molecule has 0 aliphatic rings. The average molecular weight is 278 g/mol. The van der Waals surface area contributed by atoms with Crippen LogP contribution in [0.3, 0.4) is 0 Å². The molecule has 1 aromatic carbocycles. The summed E-state index contributed by atoms with van der Waals surface area (Å²) in [6.07, 6.45) is 0. The van der Waals surface area contributed by atoms with Gasteiger partial charge < -0.3 is 4.57 Å². The summed E-state index contributed by atoms with van der Waals surface area (Å²) in [4.78, 5) is 0. The number of hydrogen-bond acceptors (Lipinski definition) is 0. The van der Waals surface area contributed by atoms with Crippen LogP contribution in [0.4, 0.5) is 0 Å². The van der Waals surface area contributed by atoms with Gasteiger partial charge in [0, 0.05) is 22.9 Å². The van der Waals surface area contributed by atoms with E-state index < -0.39 is 0 Å². The van der Waals surface area contributed by atoms with Gasteiger partial charge in [-0.2, -0.15) is 0 Å². The Hall–Kier alpha value is -1.02. The fourth-order valence-electron chi connectivity index (χ4n) is 2.13. The van der Waals surface area contributed by atoms with Gasteiger partial charge in [-0.15, -0.1) is 0 Å². The van der Waals surface area contributed by atoms with Crippen molar-refractivity contribution in [1.82, 2.24) is 4.57 Å². The summed E-state index contributed by atoms with van der Waals surface area (Å²) in [6, 6.07) is 12.7. The Labute approximate surface area is 105 Å². The number of aromatic nitrogens is 1. The molecule has 0 bridgehead atoms. The second kappa shape index (κ2) is 4.46. The minimum absolute atomic E-state index is 0.525. The van der Waals surface area contributed by atoms with Gasteiger partial charge in [0.25, 0.3) is 0 Å². The van der Waals surface area contributed by atoms with Crippen molar-refractivity contribution in [2.45, 2.75) is 19.8 Å². The van der Waals surface area contributed by atoms with Crippen LogP contribution < -0.4 is 0 Å². The highest BCUT2D eigenvalue weighted by Gasteiger charge is 2.14. The summed E-state index contributed by atoms with van der Waals surface area (Å²) in [5.41, 5.74) is 3.87. The van der Waals surface area contributed by atoms with E-state index in [9.17, 15) is 0 Å². The molecule has 16 heavy (non-hydrogen) atoms. The van der Waals surface area contributed by atoms with Gasteiger partial charge in [-0.1, -0.05) is 44.2 Å². The van der Waals surface area contributed by atoms with Crippen LogP contribution >= 0.6 is 15.9 Å². The smallest absolute Gasteiger partial charge is 0.0491 e. The Bertz CT molecular complexity index is 483. The van der Waals surface area contributed by atoms with Gasteiger partial charge in [0.15, 0.2) is 0 Å². The molecule has 0 saturated carbocycles. The zero-order valence-electron chi connectivity index (χ0n) is 9.87. The van der Waals surface area contributed by atoms with Crippen LogP contribution in [-0.2, 0) is 7.05 Å². The lowest BCUT2D eigenvalue weighted by Gasteiger charge is -2.10. The largest absolute Gasteiger partial charge is 0.346 e. The maximum Gasteiger partial charge on any atom is 0.0491 e. The summed E-state index contributed by atoms with van der Waals surface area (Å²) in [5.74, 6) is 0.525. The van der Waals surface area contributed by atoms with Gasteiger partial charge in [0.2, 0.25) is 0 Å². The first-order valence-corrected chi connectivity index (χ1v) is 6.31. The Morgan fingerprint density at radius 2 is 1.75 bits per heavy atom. The fourth-order valence-corrected chi connectivity index (χ4v) is 3.07. The molecule has 84 valence electrons. The van der Waals surface area contributed by atoms with Crippen molar-refractivity contribution < 1.29 is 0 Å². The fraction of sp³-hybridized carbons (Fsp3) is 0.286. The highest BCUT2D eigenvalue weighted by molar-refractivity contribution is 9.10. The van der Waals surface area contributed by atoms with Gasteiger partial charge in [0.1, 0.15) is 0 Å². The Morgan fingerprint density at radius 3 is 2.25 bits per heavy atom. The van der Waals surface area contributed by atoms with E-state index in [4.69, 9.17) is 0 Å². The SMILES string of the molecule is CC(C)c1c(Br)cc(-c2ccccc2)n1C. The number of rotatable bonds is 2. The minimum atomic E-state index is 0.525. The quantitative estimate of drug-likeness (QED) is 0.757. The predicted octanol–water partition coefficient (Wildman–Crippen LogP) is 4.58. The number of hydrogen-bond donors (Lipinski definition) is 0. The molecule has 0 N–H and O–H groups in total. The van der Waals surface area contributed by atoms with E-state index in [2.05, 4.69) is 71.7 Å². The molecule has 2 heteroatoms. The molecule has 2 rings (SSSR count). The summed E-state index contributed by atoms with van der Waals surface area (Å²) in [6.45, 7) is 4.43. The number of benzene rings is 1. The molecule has 0 spiro atoms. The second-order valence-corrected chi connectivity index (χ2v) is 5.20. The van der Waals surface area contributed by atoms with E-state index in [0.717, 1.165) is 0 Å². The maximum absolute atomic E-state index is 3.64. The molecule has 0 saturated heterocycles. The van der Waals surface area contributed by atoms with E-state index in [0.29, 0.717) is 5.92 Å². The van der Waals surface area contributed by atoms with E-state index in [1.165, 1.54) is 21.4 Å². The predicted molar refractivity (Wildman–Crippen MR) is 72.6 cm³/mol. The monoisotopic (exact) mass is 277 g/mol. The second-order valence-electron chi connectivity index (χ2n) is 4.34. The summed E-state index contributed by atoms with van der Waals surface area (Å²) < 4.78 is 3.47. The maximum atomic E-state index is 3.64. The van der Waals surface area contributed by atoms with Crippen LogP contribution in [0.5, 0.6) is 0 Å². The molecule has 1 aromatic heterocycles. The summed E-state index contributed by atoms with van der Waals surface area (Å²) >= 11 is 3.64. The molecule has 1 nitrogen and oxygen atoms in total. The third kappa shape index (κ3) is 1.94. The lowest BCUT2D eigenvalue weighted by Crippen LogP contribution is -2.00. The van der Waals surface area contributed by atoms with Crippen LogP contribution in [0.15, 0.2) is 40.9 Å². The van der Waals surface area contributed by atoms with E-state index >= 15 is 0 Å². The van der Waals surface area contributed by atoms with Gasteiger partial charge in [-0.25, -0.2) is 0 Å². The molecule has 0 aliphatic carbocycles. The topological polar surface area (TPSA) is 4.93 Å². The van der Waals surface area contributed by atoms with Crippen molar-refractivity contribution in [3.63, 3.8) is 0 Å². The van der Waals surface area contributed by atoms with Crippen molar-refractivity contribution in [3.05, 3.63) is 46.6 Å². The van der Waals surface area contributed by atoms with Crippen LogP contribution in [0.25, 0.3) is 11.3 Å². The zero-order valence-corrected chi connectivity index (χ0v) is 11.5. The molecular weight excluding hydrogens is 262 g/mol. The molecule has 2 aromatic rings. The normalized spacial score (nSPS) is 11.1. The van der Waals surface area contributed by atoms with Crippen LogP contribution in [0, 0.1) is 0 Å². The first-order valence-electron chi connectivity index (χ1n) is 5.51. The molecule has 0 fully saturated rings. The first kappa shape index (κ1) is 11.5. The highest BCUT2D eigenvalue weighted by atomic mass is 79.9. The molecular formula is C14H16BrN. The zero-order chi connectivity index (χ0) is 11.7. The van der Waals surface area contributed by atoms with E-state index in [1.54, 1.807) is 0 Å². The lowest BCUT2D eigenvalue weighted by atomic mass is 10.1. The number of nitrogens with zero attached hydrogens (tertiary/aromatic N) is 1. The molecule has 0 aliphatic heterocycles. The van der Waals surface area contributed by atoms with E-state index in [1.807, 2.05) is 6.07 Å². The Morgan fingerprint density at radius 1 is 1.12 bits per heavy atom. The van der Waals surface area contributed by atoms with Gasteiger partial charge >= 0.3 is 0 Å². The molecule has 0 amide bonds. The summed E-state index contributed by atoms with van der Waals surface area (Å²) in [7, 11) is 2.13.